The number of carbonyl (C=O) groups is 2. The van der Waals surface area contributed by atoms with E-state index in [1.165, 1.54) is 0 Å². The van der Waals surface area contributed by atoms with Crippen molar-refractivity contribution in [2.45, 2.75) is 50.7 Å². The number of aromatic nitrogens is 3. The first-order valence-electron chi connectivity index (χ1n) is 16.3. The average molecular weight is 642 g/mol. The maximum atomic E-state index is 14.6. The van der Waals surface area contributed by atoms with Crippen molar-refractivity contribution in [2.75, 3.05) is 16.4 Å². The second-order valence-corrected chi connectivity index (χ2v) is 12.7. The molecule has 2 amide bonds. The fraction of sp³-hybridized carbons (Fsp3) is 0.263. The number of benzene rings is 4. The lowest BCUT2D eigenvalue weighted by Gasteiger charge is -2.31. The first kappa shape index (κ1) is 30.0. The third-order valence-electron chi connectivity index (χ3n) is 9.68. The SMILES string of the molecule is C[C@@H]1C[C@H](CCn2cc([C@H](O)c3ccccc3)nn2)O[C@@]12C(=O)N(Cc1ccccc1)c1ccc(N3C(=O)COc4ccccc43)cc12. The first-order chi connectivity index (χ1) is 23.4. The summed E-state index contributed by atoms with van der Waals surface area (Å²) < 4.78 is 14.3. The smallest absolute Gasteiger partial charge is 0.269 e. The molecule has 1 saturated heterocycles. The van der Waals surface area contributed by atoms with Crippen molar-refractivity contribution in [3.05, 3.63) is 132 Å². The van der Waals surface area contributed by atoms with Crippen LogP contribution in [-0.2, 0) is 33.0 Å². The van der Waals surface area contributed by atoms with E-state index in [0.717, 1.165) is 22.4 Å². The van der Waals surface area contributed by atoms with Gasteiger partial charge in [-0.25, -0.2) is 0 Å². The van der Waals surface area contributed by atoms with Crippen LogP contribution in [-0.4, -0.2) is 44.6 Å². The zero-order chi connectivity index (χ0) is 32.8. The number of fused-ring (bicyclic) bond motifs is 3. The maximum Gasteiger partial charge on any atom is 0.269 e. The molecular weight excluding hydrogens is 606 g/mol. The number of ether oxygens (including phenoxy) is 2. The van der Waals surface area contributed by atoms with Crippen LogP contribution in [0.25, 0.3) is 0 Å². The second-order valence-electron chi connectivity index (χ2n) is 12.7. The number of aliphatic hydroxyl groups is 1. The lowest BCUT2D eigenvalue weighted by Crippen LogP contribution is -2.43. The number of hydrogen-bond donors (Lipinski definition) is 1. The van der Waals surface area contributed by atoms with Gasteiger partial charge >= 0.3 is 0 Å². The minimum Gasteiger partial charge on any atom is -0.482 e. The van der Waals surface area contributed by atoms with Crippen LogP contribution in [0.5, 0.6) is 5.75 Å². The van der Waals surface area contributed by atoms with Gasteiger partial charge in [-0.2, -0.15) is 0 Å². The Morgan fingerprint density at radius 1 is 0.938 bits per heavy atom. The minimum atomic E-state index is -1.21. The lowest BCUT2D eigenvalue weighted by molar-refractivity contribution is -0.146. The third-order valence-corrected chi connectivity index (χ3v) is 9.68. The van der Waals surface area contributed by atoms with Gasteiger partial charge in [-0.15, -0.1) is 5.10 Å². The van der Waals surface area contributed by atoms with Crippen molar-refractivity contribution in [2.24, 2.45) is 5.92 Å². The van der Waals surface area contributed by atoms with Crippen LogP contribution in [0.3, 0.4) is 0 Å². The molecule has 0 bridgehead atoms. The number of aliphatic hydroxyl groups excluding tert-OH is 1. The van der Waals surface area contributed by atoms with Gasteiger partial charge in [0.1, 0.15) is 17.5 Å². The predicted octanol–water partition coefficient (Wildman–Crippen LogP) is 5.67. The normalized spacial score (nSPS) is 22.1. The molecule has 4 aromatic carbocycles. The molecule has 0 radical (unpaired) electrons. The monoisotopic (exact) mass is 641 g/mol. The maximum absolute atomic E-state index is 14.6. The van der Waals surface area contributed by atoms with Crippen molar-refractivity contribution in [3.8, 4) is 5.75 Å². The van der Waals surface area contributed by atoms with Gasteiger partial charge < -0.3 is 19.5 Å². The van der Waals surface area contributed by atoms with Gasteiger partial charge in [0.25, 0.3) is 11.8 Å². The van der Waals surface area contributed by atoms with E-state index in [4.69, 9.17) is 9.47 Å². The molecule has 10 heteroatoms. The van der Waals surface area contributed by atoms with E-state index in [1.807, 2.05) is 108 Å². The van der Waals surface area contributed by atoms with Crippen molar-refractivity contribution < 1.29 is 24.2 Å². The highest BCUT2D eigenvalue weighted by atomic mass is 16.5. The van der Waals surface area contributed by atoms with E-state index in [9.17, 15) is 14.7 Å². The quantitative estimate of drug-likeness (QED) is 0.232. The molecule has 48 heavy (non-hydrogen) atoms. The van der Waals surface area contributed by atoms with Crippen molar-refractivity contribution in [3.63, 3.8) is 0 Å². The summed E-state index contributed by atoms with van der Waals surface area (Å²) in [5.41, 5.74) is 3.90. The van der Waals surface area contributed by atoms with Gasteiger partial charge in [0.15, 0.2) is 12.2 Å². The molecule has 1 N–H and O–H groups in total. The number of anilines is 3. The Morgan fingerprint density at radius 3 is 2.50 bits per heavy atom. The highest BCUT2D eigenvalue weighted by Crippen LogP contribution is 2.55. The van der Waals surface area contributed by atoms with Gasteiger partial charge in [0.2, 0.25) is 0 Å². The predicted molar refractivity (Wildman–Crippen MR) is 179 cm³/mol. The van der Waals surface area contributed by atoms with Crippen molar-refractivity contribution in [1.29, 1.82) is 0 Å². The summed E-state index contributed by atoms with van der Waals surface area (Å²) in [6, 6.07) is 32.5. The van der Waals surface area contributed by atoms with E-state index >= 15 is 0 Å². The van der Waals surface area contributed by atoms with Crippen LogP contribution in [0.2, 0.25) is 0 Å². The molecule has 4 atom stereocenters. The van der Waals surface area contributed by atoms with E-state index in [0.29, 0.717) is 48.7 Å². The first-order valence-corrected chi connectivity index (χ1v) is 16.3. The zero-order valence-electron chi connectivity index (χ0n) is 26.5. The zero-order valence-corrected chi connectivity index (χ0v) is 26.5. The van der Waals surface area contributed by atoms with E-state index < -0.39 is 11.7 Å². The molecule has 0 unspecified atom stereocenters. The molecule has 0 saturated carbocycles. The summed E-state index contributed by atoms with van der Waals surface area (Å²) in [6.45, 7) is 2.91. The summed E-state index contributed by atoms with van der Waals surface area (Å²) >= 11 is 0. The Hall–Kier alpha value is -5.32. The number of hydrogen-bond acceptors (Lipinski definition) is 7. The largest absolute Gasteiger partial charge is 0.482 e. The molecule has 1 spiro atoms. The number of nitrogens with zero attached hydrogens (tertiary/aromatic N) is 5. The Balaban J connectivity index is 1.10. The molecule has 242 valence electrons. The van der Waals surface area contributed by atoms with Crippen LogP contribution >= 0.6 is 0 Å². The molecule has 5 aromatic rings. The van der Waals surface area contributed by atoms with Crippen molar-refractivity contribution in [1.82, 2.24) is 15.0 Å². The summed E-state index contributed by atoms with van der Waals surface area (Å²) in [4.78, 5) is 31.4. The average Bonchev–Trinajstić information content (AvgIpc) is 3.80. The minimum absolute atomic E-state index is 0.0698. The highest BCUT2D eigenvalue weighted by molar-refractivity contribution is 6.09. The van der Waals surface area contributed by atoms with Gasteiger partial charge in [-0.1, -0.05) is 84.9 Å². The molecule has 1 fully saturated rings. The molecule has 4 heterocycles. The Bertz CT molecular complexity index is 1980. The van der Waals surface area contributed by atoms with Crippen LogP contribution in [0.1, 0.15) is 48.3 Å². The van der Waals surface area contributed by atoms with Gasteiger partial charge in [0, 0.05) is 23.7 Å². The van der Waals surface area contributed by atoms with Crippen LogP contribution in [0, 0.1) is 5.92 Å². The molecule has 0 aliphatic carbocycles. The topological polar surface area (TPSA) is 110 Å². The Kier molecular flexibility index (Phi) is 7.54. The molecule has 1 aromatic heterocycles. The fourth-order valence-corrected chi connectivity index (χ4v) is 7.31. The van der Waals surface area contributed by atoms with Crippen LogP contribution < -0.4 is 14.5 Å². The van der Waals surface area contributed by atoms with Crippen molar-refractivity contribution >= 4 is 28.9 Å². The summed E-state index contributed by atoms with van der Waals surface area (Å²) in [6.07, 6.45) is 1.94. The molecule has 3 aliphatic rings. The Morgan fingerprint density at radius 2 is 1.69 bits per heavy atom. The van der Waals surface area contributed by atoms with Crippen LogP contribution in [0.15, 0.2) is 109 Å². The fourth-order valence-electron chi connectivity index (χ4n) is 7.31. The lowest BCUT2D eigenvalue weighted by atomic mass is 9.82. The molecule has 10 nitrogen and oxygen atoms in total. The summed E-state index contributed by atoms with van der Waals surface area (Å²) in [5, 5.41) is 19.3. The summed E-state index contributed by atoms with van der Waals surface area (Å²) in [7, 11) is 0. The van der Waals surface area contributed by atoms with Gasteiger partial charge in [-0.05, 0) is 54.3 Å². The van der Waals surface area contributed by atoms with Crippen LogP contribution in [0.4, 0.5) is 17.1 Å². The molecule has 3 aliphatic heterocycles. The van der Waals surface area contributed by atoms with E-state index in [1.54, 1.807) is 15.8 Å². The summed E-state index contributed by atoms with van der Waals surface area (Å²) in [5.74, 6) is 0.211. The number of para-hydroxylation sites is 2. The molecular formula is C38H35N5O5. The highest BCUT2D eigenvalue weighted by Gasteiger charge is 2.60. The number of carbonyl (C=O) groups excluding carboxylic acids is 2. The molecule has 8 rings (SSSR count). The number of amides is 2. The van der Waals surface area contributed by atoms with Gasteiger partial charge in [-0.3, -0.25) is 19.2 Å². The second kappa shape index (κ2) is 12.0. The Labute approximate surface area is 278 Å². The standard InChI is InChI=1S/C38H35N5O5/c1-25-20-29(18-19-41-23-31(39-40-41)36(45)27-12-6-3-7-13-27)48-38(25)30-21-28(43-33-14-8-9-15-34(33)47-24-35(43)44)16-17-32(30)42(37(38)46)22-26-10-4-2-5-11-26/h2-17,21,23,25,29,36,45H,18-20,22,24H2,1H3/t25-,29+,36-,38+/m1/s1. The number of rotatable bonds is 8. The van der Waals surface area contributed by atoms with Gasteiger partial charge in [0.05, 0.1) is 30.2 Å². The van der Waals surface area contributed by atoms with E-state index in [2.05, 4.69) is 17.2 Å². The number of aryl methyl sites for hydroxylation is 1. The van der Waals surface area contributed by atoms with E-state index in [-0.39, 0.29) is 30.4 Å². The third kappa shape index (κ3) is 5.04.